The lowest BCUT2D eigenvalue weighted by Crippen LogP contribution is -2.30. The molecule has 1 fully saturated rings. The van der Waals surface area contributed by atoms with Crippen molar-refractivity contribution in [2.45, 2.75) is 96.1 Å². The molecule has 18 heavy (non-hydrogen) atoms. The summed E-state index contributed by atoms with van der Waals surface area (Å²) in [6.07, 6.45) is 16.2. The third-order valence-electron chi connectivity index (χ3n) is 4.07. The van der Waals surface area contributed by atoms with Crippen LogP contribution in [0.2, 0.25) is 0 Å². The van der Waals surface area contributed by atoms with E-state index in [1.807, 2.05) is 0 Å². The number of rotatable bonds is 10. The number of unbranched alkanes of at least 4 members (excludes halogenated alkanes) is 7. The van der Waals surface area contributed by atoms with Gasteiger partial charge in [0.2, 0.25) is 0 Å². The maximum Gasteiger partial charge on any atom is 0.0576 e. The van der Waals surface area contributed by atoms with Gasteiger partial charge in [-0.25, -0.2) is 0 Å². The molecule has 2 nitrogen and oxygen atoms in total. The zero-order chi connectivity index (χ0) is 13.1. The molecule has 1 rings (SSSR count). The Hall–Kier alpha value is -0.0800. The van der Waals surface area contributed by atoms with E-state index in [-0.39, 0.29) is 0 Å². The standard InChI is InChI=1S/C16H33NO/c1-2-3-4-5-6-7-8-9-14-18-16-12-10-15(17)11-13-16/h15-16H,2-14,17H2,1H3. The van der Waals surface area contributed by atoms with E-state index < -0.39 is 0 Å². The second kappa shape index (κ2) is 10.8. The fraction of sp³-hybridized carbons (Fsp3) is 1.00. The van der Waals surface area contributed by atoms with Crippen LogP contribution in [0.25, 0.3) is 0 Å². The molecule has 0 spiro atoms. The first-order valence-corrected chi connectivity index (χ1v) is 8.20. The van der Waals surface area contributed by atoms with Crippen LogP contribution in [-0.2, 0) is 4.74 Å². The van der Waals surface area contributed by atoms with Gasteiger partial charge in [-0.05, 0) is 32.1 Å². The molecule has 0 aromatic rings. The molecule has 0 aromatic carbocycles. The molecule has 0 radical (unpaired) electrons. The van der Waals surface area contributed by atoms with E-state index in [0.717, 1.165) is 19.4 Å². The first kappa shape index (κ1) is 16.0. The van der Waals surface area contributed by atoms with Gasteiger partial charge in [0, 0.05) is 12.6 Å². The quantitative estimate of drug-likeness (QED) is 0.587. The van der Waals surface area contributed by atoms with E-state index in [9.17, 15) is 0 Å². The Morgan fingerprint density at radius 2 is 1.39 bits per heavy atom. The molecule has 0 heterocycles. The summed E-state index contributed by atoms with van der Waals surface area (Å²) < 4.78 is 5.92. The highest BCUT2D eigenvalue weighted by molar-refractivity contribution is 4.74. The minimum Gasteiger partial charge on any atom is -0.378 e. The Bertz CT molecular complexity index is 176. The highest BCUT2D eigenvalue weighted by Gasteiger charge is 2.18. The summed E-state index contributed by atoms with van der Waals surface area (Å²) in [6, 6.07) is 0.438. The molecular weight excluding hydrogens is 222 g/mol. The van der Waals surface area contributed by atoms with Gasteiger partial charge < -0.3 is 10.5 Å². The molecule has 2 N–H and O–H groups in total. The predicted octanol–water partition coefficient (Wildman–Crippen LogP) is 4.41. The average Bonchev–Trinajstić information content (AvgIpc) is 2.39. The first-order chi connectivity index (χ1) is 8.83. The van der Waals surface area contributed by atoms with Crippen molar-refractivity contribution in [2.24, 2.45) is 5.73 Å². The van der Waals surface area contributed by atoms with Crippen molar-refractivity contribution in [3.63, 3.8) is 0 Å². The van der Waals surface area contributed by atoms with Gasteiger partial charge >= 0.3 is 0 Å². The topological polar surface area (TPSA) is 35.2 Å². The molecule has 1 aliphatic rings. The molecule has 0 amide bonds. The zero-order valence-electron chi connectivity index (χ0n) is 12.3. The molecule has 2 heteroatoms. The molecule has 0 atom stereocenters. The number of hydrogen-bond acceptors (Lipinski definition) is 2. The van der Waals surface area contributed by atoms with Crippen LogP contribution in [0.4, 0.5) is 0 Å². The fourth-order valence-corrected chi connectivity index (χ4v) is 2.74. The maximum atomic E-state index is 5.92. The lowest BCUT2D eigenvalue weighted by molar-refractivity contribution is 0.0231. The van der Waals surface area contributed by atoms with Crippen LogP contribution in [0.5, 0.6) is 0 Å². The largest absolute Gasteiger partial charge is 0.378 e. The van der Waals surface area contributed by atoms with Gasteiger partial charge in [-0.1, -0.05) is 51.9 Å². The molecule has 0 aromatic heterocycles. The second-order valence-corrected chi connectivity index (χ2v) is 5.88. The summed E-state index contributed by atoms with van der Waals surface area (Å²) in [5, 5.41) is 0. The molecule has 1 aliphatic carbocycles. The Balaban J connectivity index is 1.78. The first-order valence-electron chi connectivity index (χ1n) is 8.20. The summed E-state index contributed by atoms with van der Waals surface area (Å²) in [7, 11) is 0. The van der Waals surface area contributed by atoms with Crippen molar-refractivity contribution in [1.29, 1.82) is 0 Å². The van der Waals surface area contributed by atoms with Crippen molar-refractivity contribution < 1.29 is 4.74 Å². The molecule has 0 saturated heterocycles. The highest BCUT2D eigenvalue weighted by atomic mass is 16.5. The van der Waals surface area contributed by atoms with Crippen molar-refractivity contribution in [3.05, 3.63) is 0 Å². The summed E-state index contributed by atoms with van der Waals surface area (Å²) in [5.41, 5.74) is 5.89. The van der Waals surface area contributed by atoms with Crippen molar-refractivity contribution in [1.82, 2.24) is 0 Å². The molecule has 0 aliphatic heterocycles. The van der Waals surface area contributed by atoms with Crippen LogP contribution in [0.3, 0.4) is 0 Å². The van der Waals surface area contributed by atoms with E-state index in [4.69, 9.17) is 10.5 Å². The van der Waals surface area contributed by atoms with Gasteiger partial charge in [0.15, 0.2) is 0 Å². The number of ether oxygens (including phenoxy) is 1. The molecule has 108 valence electrons. The van der Waals surface area contributed by atoms with Crippen LogP contribution >= 0.6 is 0 Å². The Kier molecular flexibility index (Phi) is 9.59. The van der Waals surface area contributed by atoms with Crippen LogP contribution in [0, 0.1) is 0 Å². The third kappa shape index (κ3) is 8.10. The van der Waals surface area contributed by atoms with Gasteiger partial charge in [0.25, 0.3) is 0 Å². The highest BCUT2D eigenvalue weighted by Crippen LogP contribution is 2.20. The second-order valence-electron chi connectivity index (χ2n) is 5.88. The van der Waals surface area contributed by atoms with Crippen LogP contribution < -0.4 is 5.73 Å². The maximum absolute atomic E-state index is 5.92. The number of nitrogens with two attached hydrogens (primary N) is 1. The fourth-order valence-electron chi connectivity index (χ4n) is 2.74. The minimum absolute atomic E-state index is 0.438. The van der Waals surface area contributed by atoms with Gasteiger partial charge in [0.1, 0.15) is 0 Å². The van der Waals surface area contributed by atoms with Crippen molar-refractivity contribution >= 4 is 0 Å². The summed E-state index contributed by atoms with van der Waals surface area (Å²) in [6.45, 7) is 3.24. The normalized spacial score (nSPS) is 24.3. The number of hydrogen-bond donors (Lipinski definition) is 1. The van der Waals surface area contributed by atoms with E-state index in [2.05, 4.69) is 6.92 Å². The van der Waals surface area contributed by atoms with Gasteiger partial charge in [-0.15, -0.1) is 0 Å². The summed E-state index contributed by atoms with van der Waals surface area (Å²) in [4.78, 5) is 0. The minimum atomic E-state index is 0.438. The zero-order valence-corrected chi connectivity index (χ0v) is 12.3. The summed E-state index contributed by atoms with van der Waals surface area (Å²) >= 11 is 0. The average molecular weight is 255 g/mol. The van der Waals surface area contributed by atoms with Crippen molar-refractivity contribution in [3.8, 4) is 0 Å². The van der Waals surface area contributed by atoms with Crippen LogP contribution in [0.15, 0.2) is 0 Å². The van der Waals surface area contributed by atoms with E-state index in [1.165, 1.54) is 64.2 Å². The van der Waals surface area contributed by atoms with E-state index in [1.54, 1.807) is 0 Å². The summed E-state index contributed by atoms with van der Waals surface area (Å²) in [5.74, 6) is 0. The Morgan fingerprint density at radius 3 is 2.00 bits per heavy atom. The molecule has 0 bridgehead atoms. The predicted molar refractivity (Wildman–Crippen MR) is 78.8 cm³/mol. The Morgan fingerprint density at radius 1 is 0.833 bits per heavy atom. The Labute approximate surface area is 114 Å². The van der Waals surface area contributed by atoms with Crippen molar-refractivity contribution in [2.75, 3.05) is 6.61 Å². The monoisotopic (exact) mass is 255 g/mol. The molecule has 1 saturated carbocycles. The molecular formula is C16H33NO. The lowest BCUT2D eigenvalue weighted by Gasteiger charge is -2.26. The molecule has 0 unspecified atom stereocenters. The third-order valence-corrected chi connectivity index (χ3v) is 4.07. The SMILES string of the molecule is CCCCCCCCCCOC1CCC(N)CC1. The lowest BCUT2D eigenvalue weighted by atomic mass is 9.94. The van der Waals surface area contributed by atoms with E-state index in [0.29, 0.717) is 12.1 Å². The smallest absolute Gasteiger partial charge is 0.0576 e. The van der Waals surface area contributed by atoms with Gasteiger partial charge in [-0.3, -0.25) is 0 Å². The van der Waals surface area contributed by atoms with Gasteiger partial charge in [-0.2, -0.15) is 0 Å². The van der Waals surface area contributed by atoms with Crippen LogP contribution in [-0.4, -0.2) is 18.8 Å². The van der Waals surface area contributed by atoms with E-state index >= 15 is 0 Å². The van der Waals surface area contributed by atoms with Crippen LogP contribution in [0.1, 0.15) is 84.0 Å². The van der Waals surface area contributed by atoms with Gasteiger partial charge in [0.05, 0.1) is 6.10 Å².